The van der Waals surface area contributed by atoms with Crippen LogP contribution in [0.4, 0.5) is 5.69 Å². The summed E-state index contributed by atoms with van der Waals surface area (Å²) in [5, 5.41) is 3.59. The van der Waals surface area contributed by atoms with Crippen molar-refractivity contribution in [1.82, 2.24) is 4.90 Å². The lowest BCUT2D eigenvalue weighted by atomic mass is 10.0. The quantitative estimate of drug-likeness (QED) is 0.276. The van der Waals surface area contributed by atoms with Gasteiger partial charge >= 0.3 is 0 Å². The molecule has 0 saturated carbocycles. The lowest BCUT2D eigenvalue weighted by Gasteiger charge is -2.29. The molecular weight excluding hydrogens is 503 g/mol. The fourth-order valence-corrected chi connectivity index (χ4v) is 3.32. The Morgan fingerprint density at radius 1 is 1.14 bits per heavy atom. The summed E-state index contributed by atoms with van der Waals surface area (Å²) in [5.74, 6) is 1.78. The van der Waals surface area contributed by atoms with E-state index in [0.29, 0.717) is 23.3 Å². The number of guanidine groups is 1. The van der Waals surface area contributed by atoms with Crippen LogP contribution in [0.5, 0.6) is 11.5 Å². The van der Waals surface area contributed by atoms with Crippen LogP contribution in [0, 0.1) is 0 Å². The van der Waals surface area contributed by atoms with Crippen molar-refractivity contribution >= 4 is 47.2 Å². The molecule has 0 saturated heterocycles. The average Bonchev–Trinajstić information content (AvgIpc) is 2.71. The Kier molecular flexibility index (Phi) is 11.2. The topological polar surface area (TPSA) is 72.1 Å². The van der Waals surface area contributed by atoms with E-state index in [4.69, 9.17) is 26.8 Å². The van der Waals surface area contributed by atoms with E-state index in [0.717, 1.165) is 30.1 Å². The van der Waals surface area contributed by atoms with Crippen molar-refractivity contribution in [2.24, 2.45) is 10.7 Å². The molecule has 8 heteroatoms. The van der Waals surface area contributed by atoms with Gasteiger partial charge in [-0.1, -0.05) is 37.6 Å². The standard InChI is InChI=1S/C21H29ClN4O2.HI/c1-5-26(6-2)19(15-8-7-9-17(12-15)27-3)14-24-21(23)25-16-10-11-20(28-4)18(22)13-16;/h7-13,19H,5-6,14H2,1-4H3,(H3,23,24,25);1H. The lowest BCUT2D eigenvalue weighted by molar-refractivity contribution is 0.224. The number of halogens is 2. The molecule has 6 nitrogen and oxygen atoms in total. The number of hydrogen-bond acceptors (Lipinski definition) is 4. The maximum absolute atomic E-state index is 6.16. The first-order valence-electron chi connectivity index (χ1n) is 9.30. The first-order valence-corrected chi connectivity index (χ1v) is 9.68. The summed E-state index contributed by atoms with van der Waals surface area (Å²) < 4.78 is 10.5. The third-order valence-electron chi connectivity index (χ3n) is 4.59. The molecule has 2 rings (SSSR count). The highest BCUT2D eigenvalue weighted by Crippen LogP contribution is 2.27. The number of rotatable bonds is 9. The molecule has 160 valence electrons. The van der Waals surface area contributed by atoms with Crippen LogP contribution in [0.2, 0.25) is 5.02 Å². The summed E-state index contributed by atoms with van der Waals surface area (Å²) in [7, 11) is 3.25. The number of anilines is 1. The molecule has 0 radical (unpaired) electrons. The van der Waals surface area contributed by atoms with Gasteiger partial charge in [0.1, 0.15) is 11.5 Å². The zero-order valence-electron chi connectivity index (χ0n) is 17.3. The molecule has 29 heavy (non-hydrogen) atoms. The number of nitrogens with one attached hydrogen (secondary N) is 1. The summed E-state index contributed by atoms with van der Waals surface area (Å²) in [5.41, 5.74) is 8.02. The first kappa shape index (κ1) is 25.3. The van der Waals surface area contributed by atoms with Crippen molar-refractivity contribution in [3.63, 3.8) is 0 Å². The monoisotopic (exact) mass is 532 g/mol. The summed E-state index contributed by atoms with van der Waals surface area (Å²) in [4.78, 5) is 6.91. The van der Waals surface area contributed by atoms with Crippen molar-refractivity contribution in [2.75, 3.05) is 39.2 Å². The SMILES string of the molecule is CCN(CC)C(CN=C(N)Nc1ccc(OC)c(Cl)c1)c1cccc(OC)c1.I. The van der Waals surface area contributed by atoms with Gasteiger partial charge in [0.05, 0.1) is 31.8 Å². The van der Waals surface area contributed by atoms with E-state index in [1.165, 1.54) is 0 Å². The largest absolute Gasteiger partial charge is 0.497 e. The van der Waals surface area contributed by atoms with Gasteiger partial charge in [-0.3, -0.25) is 9.89 Å². The maximum Gasteiger partial charge on any atom is 0.193 e. The zero-order valence-corrected chi connectivity index (χ0v) is 20.4. The van der Waals surface area contributed by atoms with E-state index in [-0.39, 0.29) is 30.0 Å². The van der Waals surface area contributed by atoms with Crippen LogP contribution in [0.3, 0.4) is 0 Å². The summed E-state index contributed by atoms with van der Waals surface area (Å²) in [6.07, 6.45) is 0. The van der Waals surface area contributed by atoms with Gasteiger partial charge in [-0.05, 0) is 49.0 Å². The van der Waals surface area contributed by atoms with Gasteiger partial charge in [0.2, 0.25) is 0 Å². The van der Waals surface area contributed by atoms with Gasteiger partial charge in [-0.15, -0.1) is 24.0 Å². The molecular formula is C21H30ClIN4O2. The smallest absolute Gasteiger partial charge is 0.193 e. The molecule has 3 N–H and O–H groups in total. The predicted octanol–water partition coefficient (Wildman–Crippen LogP) is 4.78. The summed E-state index contributed by atoms with van der Waals surface area (Å²) >= 11 is 6.16. The van der Waals surface area contributed by atoms with E-state index in [1.807, 2.05) is 24.3 Å². The van der Waals surface area contributed by atoms with Gasteiger partial charge in [0.15, 0.2) is 5.96 Å². The highest BCUT2D eigenvalue weighted by molar-refractivity contribution is 14.0. The maximum atomic E-state index is 6.16. The fraction of sp³-hybridized carbons (Fsp3) is 0.381. The van der Waals surface area contributed by atoms with E-state index in [2.05, 4.69) is 35.1 Å². The molecule has 0 aliphatic carbocycles. The molecule has 0 amide bonds. The van der Waals surface area contributed by atoms with Crippen LogP contribution in [0.1, 0.15) is 25.5 Å². The van der Waals surface area contributed by atoms with Crippen LogP contribution in [-0.4, -0.2) is 44.7 Å². The molecule has 1 unspecified atom stereocenters. The Morgan fingerprint density at radius 2 is 1.86 bits per heavy atom. The summed E-state index contributed by atoms with van der Waals surface area (Å²) in [6.45, 7) is 6.63. The normalized spacial score (nSPS) is 12.3. The van der Waals surface area contributed by atoms with Crippen LogP contribution < -0.4 is 20.5 Å². The lowest BCUT2D eigenvalue weighted by Crippen LogP contribution is -2.32. The zero-order chi connectivity index (χ0) is 20.5. The van der Waals surface area contributed by atoms with Gasteiger partial charge in [0.25, 0.3) is 0 Å². The van der Waals surface area contributed by atoms with Crippen molar-refractivity contribution in [1.29, 1.82) is 0 Å². The van der Waals surface area contributed by atoms with Gasteiger partial charge < -0.3 is 20.5 Å². The molecule has 0 heterocycles. The molecule has 0 aromatic heterocycles. The molecule has 1 atom stereocenters. The highest BCUT2D eigenvalue weighted by Gasteiger charge is 2.18. The van der Waals surface area contributed by atoms with E-state index >= 15 is 0 Å². The molecule has 0 spiro atoms. The van der Waals surface area contributed by atoms with Crippen LogP contribution in [-0.2, 0) is 0 Å². The number of ether oxygens (including phenoxy) is 2. The predicted molar refractivity (Wildman–Crippen MR) is 132 cm³/mol. The number of methoxy groups -OCH3 is 2. The van der Waals surface area contributed by atoms with Crippen molar-refractivity contribution in [3.8, 4) is 11.5 Å². The molecule has 2 aromatic rings. The second-order valence-electron chi connectivity index (χ2n) is 6.21. The third kappa shape index (κ3) is 7.24. The Labute approximate surface area is 195 Å². The number of aliphatic imine (C=N–C) groups is 1. The number of nitrogens with two attached hydrogens (primary N) is 1. The molecule has 0 aliphatic heterocycles. The van der Waals surface area contributed by atoms with E-state index in [1.54, 1.807) is 26.4 Å². The van der Waals surface area contributed by atoms with E-state index < -0.39 is 0 Å². The van der Waals surface area contributed by atoms with Gasteiger partial charge in [0, 0.05) is 5.69 Å². The Bertz CT molecular complexity index is 800. The third-order valence-corrected chi connectivity index (χ3v) is 4.89. The van der Waals surface area contributed by atoms with Gasteiger partial charge in [-0.2, -0.15) is 0 Å². The molecule has 0 aliphatic rings. The van der Waals surface area contributed by atoms with Crippen LogP contribution in [0.25, 0.3) is 0 Å². The minimum Gasteiger partial charge on any atom is -0.497 e. The molecule has 2 aromatic carbocycles. The van der Waals surface area contributed by atoms with Crippen molar-refractivity contribution in [2.45, 2.75) is 19.9 Å². The Morgan fingerprint density at radius 3 is 2.45 bits per heavy atom. The van der Waals surface area contributed by atoms with Crippen molar-refractivity contribution in [3.05, 3.63) is 53.1 Å². The summed E-state index contributed by atoms with van der Waals surface area (Å²) in [6, 6.07) is 13.6. The second kappa shape index (κ2) is 12.8. The first-order chi connectivity index (χ1) is 13.5. The molecule has 0 bridgehead atoms. The van der Waals surface area contributed by atoms with Crippen LogP contribution >= 0.6 is 35.6 Å². The number of likely N-dealkylation sites (N-methyl/N-ethyl adjacent to an activating group) is 1. The minimum atomic E-state index is 0. The number of hydrogen-bond donors (Lipinski definition) is 2. The minimum absolute atomic E-state index is 0. The van der Waals surface area contributed by atoms with Crippen molar-refractivity contribution < 1.29 is 9.47 Å². The Balaban J connectivity index is 0.00000420. The molecule has 0 fully saturated rings. The number of nitrogens with zero attached hydrogens (tertiary/aromatic N) is 2. The fourth-order valence-electron chi connectivity index (χ4n) is 3.06. The highest BCUT2D eigenvalue weighted by atomic mass is 127. The Hall–Kier alpha value is -1.71. The number of benzene rings is 2. The second-order valence-corrected chi connectivity index (χ2v) is 6.62. The average molecular weight is 533 g/mol. The van der Waals surface area contributed by atoms with Gasteiger partial charge in [-0.25, -0.2) is 0 Å². The van der Waals surface area contributed by atoms with E-state index in [9.17, 15) is 0 Å². The van der Waals surface area contributed by atoms with Crippen LogP contribution in [0.15, 0.2) is 47.5 Å².